The van der Waals surface area contributed by atoms with E-state index >= 15 is 0 Å². The van der Waals surface area contributed by atoms with Crippen molar-refractivity contribution in [1.29, 1.82) is 0 Å². The molecule has 31 heavy (non-hydrogen) atoms. The molecule has 158 valence electrons. The summed E-state index contributed by atoms with van der Waals surface area (Å²) < 4.78 is 0. The summed E-state index contributed by atoms with van der Waals surface area (Å²) in [5.41, 5.74) is 3.93. The molecule has 1 atom stereocenters. The second kappa shape index (κ2) is 8.07. The second-order valence-electron chi connectivity index (χ2n) is 8.55. The van der Waals surface area contributed by atoms with E-state index in [0.717, 1.165) is 60.3 Å². The van der Waals surface area contributed by atoms with E-state index in [-0.39, 0.29) is 12.0 Å². The van der Waals surface area contributed by atoms with Crippen LogP contribution in [0.4, 0.5) is 5.82 Å². The Labute approximate surface area is 181 Å². The molecule has 2 aromatic heterocycles. The van der Waals surface area contributed by atoms with Gasteiger partial charge in [-0.1, -0.05) is 30.3 Å². The maximum Gasteiger partial charge on any atom is 0.183 e. The first kappa shape index (κ1) is 19.6. The number of nitrogens with one attached hydrogen (secondary N) is 1. The number of aromatic amines is 1. The van der Waals surface area contributed by atoms with Crippen LogP contribution < -0.4 is 4.90 Å². The minimum atomic E-state index is -0.183. The minimum absolute atomic E-state index is 0.153. The van der Waals surface area contributed by atoms with Crippen molar-refractivity contribution in [3.05, 3.63) is 66.0 Å². The molecular formula is C24H26N6O. The van der Waals surface area contributed by atoms with Gasteiger partial charge in [0, 0.05) is 29.5 Å². The zero-order chi connectivity index (χ0) is 21.3. The minimum Gasteiger partial charge on any atom is -0.396 e. The predicted octanol–water partition coefficient (Wildman–Crippen LogP) is 3.54. The monoisotopic (exact) mass is 414 g/mol. The number of aliphatic hydroxyl groups excluding tert-OH is 1. The number of aryl methyl sites for hydroxylation is 1. The fourth-order valence-electron chi connectivity index (χ4n) is 4.62. The Morgan fingerprint density at radius 1 is 1.16 bits per heavy atom. The number of piperidine rings is 1. The Morgan fingerprint density at radius 2 is 2.03 bits per heavy atom. The van der Waals surface area contributed by atoms with Gasteiger partial charge in [0.1, 0.15) is 0 Å². The molecule has 0 spiro atoms. The van der Waals surface area contributed by atoms with E-state index in [1.165, 1.54) is 5.56 Å². The highest BCUT2D eigenvalue weighted by atomic mass is 16.3. The molecule has 0 radical (unpaired) electrons. The summed E-state index contributed by atoms with van der Waals surface area (Å²) >= 11 is 0. The maximum atomic E-state index is 10.3. The number of nitrogens with zero attached hydrogens (tertiary/aromatic N) is 5. The molecule has 0 aliphatic carbocycles. The van der Waals surface area contributed by atoms with Crippen LogP contribution in [0.15, 0.2) is 54.7 Å². The van der Waals surface area contributed by atoms with Crippen LogP contribution >= 0.6 is 0 Å². The molecule has 0 amide bonds. The molecule has 5 rings (SSSR count). The number of H-pyrrole nitrogens is 1. The number of anilines is 1. The number of aliphatic hydroxyl groups is 1. The summed E-state index contributed by atoms with van der Waals surface area (Å²) in [5.74, 6) is 1.41. The van der Waals surface area contributed by atoms with Crippen LogP contribution in [0.25, 0.3) is 22.3 Å². The largest absolute Gasteiger partial charge is 0.396 e. The lowest BCUT2D eigenvalue weighted by Gasteiger charge is -2.42. The van der Waals surface area contributed by atoms with E-state index < -0.39 is 0 Å². The van der Waals surface area contributed by atoms with E-state index in [9.17, 15) is 5.11 Å². The zero-order valence-electron chi connectivity index (χ0n) is 17.6. The standard InChI is InChI=1S/C24H26N6O/c1-17-20-12-19(8-9-21(20)28-27-17)23-26-22(14-25-29-23)30-11-5-10-24(15-30,16-31)13-18-6-3-2-4-7-18/h2-4,6-9,12,14,31H,5,10-11,13,15-16H2,1H3,(H,27,28). The van der Waals surface area contributed by atoms with Gasteiger partial charge in [-0.2, -0.15) is 10.2 Å². The Balaban J connectivity index is 1.42. The molecule has 7 heteroatoms. The molecule has 0 bridgehead atoms. The number of fused-ring (bicyclic) bond motifs is 1. The van der Waals surface area contributed by atoms with Crippen molar-refractivity contribution in [2.75, 3.05) is 24.6 Å². The highest BCUT2D eigenvalue weighted by Crippen LogP contribution is 2.35. The number of hydrogen-bond donors (Lipinski definition) is 2. The first-order valence-corrected chi connectivity index (χ1v) is 10.7. The summed E-state index contributed by atoms with van der Waals surface area (Å²) in [6.45, 7) is 3.78. The van der Waals surface area contributed by atoms with Crippen molar-refractivity contribution in [3.8, 4) is 11.4 Å². The number of benzene rings is 2. The molecule has 2 aromatic carbocycles. The third-order valence-corrected chi connectivity index (χ3v) is 6.30. The second-order valence-corrected chi connectivity index (χ2v) is 8.55. The smallest absolute Gasteiger partial charge is 0.183 e. The van der Waals surface area contributed by atoms with Gasteiger partial charge < -0.3 is 10.0 Å². The molecule has 1 aliphatic rings. The SMILES string of the molecule is Cc1n[nH]c2ccc(-c3nncc(N4CCCC(CO)(Cc5ccccc5)C4)n3)cc12. The quantitative estimate of drug-likeness (QED) is 0.519. The van der Waals surface area contributed by atoms with Crippen LogP contribution in [0, 0.1) is 12.3 Å². The van der Waals surface area contributed by atoms with Crippen LogP contribution in [-0.2, 0) is 6.42 Å². The van der Waals surface area contributed by atoms with Crippen LogP contribution in [0.5, 0.6) is 0 Å². The van der Waals surface area contributed by atoms with Crippen molar-refractivity contribution >= 4 is 16.7 Å². The average molecular weight is 415 g/mol. The molecular weight excluding hydrogens is 388 g/mol. The fraction of sp³-hybridized carbons (Fsp3) is 0.333. The van der Waals surface area contributed by atoms with Gasteiger partial charge >= 0.3 is 0 Å². The van der Waals surface area contributed by atoms with Crippen molar-refractivity contribution in [2.24, 2.45) is 5.41 Å². The Bertz CT molecular complexity index is 1190. The Morgan fingerprint density at radius 3 is 2.87 bits per heavy atom. The summed E-state index contributed by atoms with van der Waals surface area (Å²) in [6, 6.07) is 16.4. The third kappa shape index (κ3) is 3.88. The molecule has 1 unspecified atom stereocenters. The van der Waals surface area contributed by atoms with E-state index in [1.807, 2.05) is 25.1 Å². The third-order valence-electron chi connectivity index (χ3n) is 6.30. The molecule has 4 aromatic rings. The van der Waals surface area contributed by atoms with E-state index in [1.54, 1.807) is 6.20 Å². The van der Waals surface area contributed by atoms with Gasteiger partial charge in [-0.25, -0.2) is 4.98 Å². The van der Waals surface area contributed by atoms with Crippen molar-refractivity contribution in [2.45, 2.75) is 26.2 Å². The van der Waals surface area contributed by atoms with E-state index in [2.05, 4.69) is 55.6 Å². The molecule has 1 aliphatic heterocycles. The molecule has 2 N–H and O–H groups in total. The molecule has 0 saturated carbocycles. The summed E-state index contributed by atoms with van der Waals surface area (Å²) in [6.07, 6.45) is 4.58. The van der Waals surface area contributed by atoms with Gasteiger partial charge in [-0.05, 0) is 49.9 Å². The lowest BCUT2D eigenvalue weighted by molar-refractivity contribution is 0.105. The topological polar surface area (TPSA) is 90.8 Å². The van der Waals surface area contributed by atoms with Crippen molar-refractivity contribution in [3.63, 3.8) is 0 Å². The molecule has 3 heterocycles. The molecule has 7 nitrogen and oxygen atoms in total. The summed E-state index contributed by atoms with van der Waals surface area (Å²) in [5, 5.41) is 27.2. The van der Waals surface area contributed by atoms with Gasteiger partial charge in [0.25, 0.3) is 0 Å². The lowest BCUT2D eigenvalue weighted by Crippen LogP contribution is -2.47. The van der Waals surface area contributed by atoms with Crippen LogP contribution in [0.3, 0.4) is 0 Å². The molecule has 1 saturated heterocycles. The van der Waals surface area contributed by atoms with Gasteiger partial charge in [0.05, 0.1) is 24.0 Å². The normalized spacial score (nSPS) is 19.1. The van der Waals surface area contributed by atoms with Crippen LogP contribution in [0.2, 0.25) is 0 Å². The van der Waals surface area contributed by atoms with Gasteiger partial charge in [0.15, 0.2) is 11.6 Å². The first-order valence-electron chi connectivity index (χ1n) is 10.7. The van der Waals surface area contributed by atoms with Crippen LogP contribution in [-0.4, -0.2) is 50.2 Å². The highest BCUT2D eigenvalue weighted by Gasteiger charge is 2.36. The van der Waals surface area contributed by atoms with Gasteiger partial charge in [0.2, 0.25) is 0 Å². The van der Waals surface area contributed by atoms with E-state index in [4.69, 9.17) is 4.98 Å². The number of rotatable bonds is 5. The van der Waals surface area contributed by atoms with Crippen molar-refractivity contribution < 1.29 is 5.11 Å². The summed E-state index contributed by atoms with van der Waals surface area (Å²) in [7, 11) is 0. The Kier molecular flexibility index (Phi) is 5.11. The maximum absolute atomic E-state index is 10.3. The van der Waals surface area contributed by atoms with Crippen molar-refractivity contribution in [1.82, 2.24) is 25.4 Å². The fourth-order valence-corrected chi connectivity index (χ4v) is 4.62. The summed E-state index contributed by atoms with van der Waals surface area (Å²) in [4.78, 5) is 7.07. The molecule has 1 fully saturated rings. The number of hydrogen-bond acceptors (Lipinski definition) is 6. The number of aromatic nitrogens is 5. The highest BCUT2D eigenvalue weighted by molar-refractivity contribution is 5.85. The van der Waals surface area contributed by atoms with Gasteiger partial charge in [-0.15, -0.1) is 5.10 Å². The average Bonchev–Trinajstić information content (AvgIpc) is 3.20. The lowest BCUT2D eigenvalue weighted by atomic mass is 9.76. The Hall–Kier alpha value is -3.32. The van der Waals surface area contributed by atoms with Gasteiger partial charge in [-0.3, -0.25) is 5.10 Å². The zero-order valence-corrected chi connectivity index (χ0v) is 17.6. The first-order chi connectivity index (χ1) is 15.2. The van der Waals surface area contributed by atoms with Crippen LogP contribution in [0.1, 0.15) is 24.1 Å². The van der Waals surface area contributed by atoms with E-state index in [0.29, 0.717) is 5.82 Å². The predicted molar refractivity (Wildman–Crippen MR) is 121 cm³/mol.